The van der Waals surface area contributed by atoms with Gasteiger partial charge in [0.15, 0.2) is 0 Å². The molecule has 1 heterocycles. The van der Waals surface area contributed by atoms with Gasteiger partial charge in [0.25, 0.3) is 0 Å². The van der Waals surface area contributed by atoms with Crippen molar-refractivity contribution in [1.29, 1.82) is 0 Å². The lowest BCUT2D eigenvalue weighted by molar-refractivity contribution is 0.217. The van der Waals surface area contributed by atoms with E-state index in [9.17, 15) is 0 Å². The Balaban J connectivity index is 2.53. The van der Waals surface area contributed by atoms with Crippen LogP contribution in [0.1, 0.15) is 39.5 Å². The Labute approximate surface area is 94.0 Å². The first-order valence-electron chi connectivity index (χ1n) is 6.03. The monoisotopic (exact) mass is 208 g/mol. The first-order chi connectivity index (χ1) is 7.20. The minimum absolute atomic E-state index is 0.504. The van der Waals surface area contributed by atoms with Crippen LogP contribution in [-0.2, 0) is 0 Å². The minimum atomic E-state index is 0.504. The zero-order chi connectivity index (χ0) is 11.3. The summed E-state index contributed by atoms with van der Waals surface area (Å²) in [5.41, 5.74) is 4.59. The molecule has 2 heteroatoms. The van der Waals surface area contributed by atoms with E-state index in [0.717, 1.165) is 6.54 Å². The van der Waals surface area contributed by atoms with E-state index in [1.807, 2.05) is 0 Å². The molecule has 2 atom stereocenters. The first-order valence-corrected chi connectivity index (χ1v) is 6.03. The topological polar surface area (TPSA) is 15.3 Å². The van der Waals surface area contributed by atoms with Crippen LogP contribution in [0.4, 0.5) is 0 Å². The van der Waals surface area contributed by atoms with Crippen molar-refractivity contribution in [3.8, 4) is 0 Å². The summed E-state index contributed by atoms with van der Waals surface area (Å²) < 4.78 is 0. The zero-order valence-corrected chi connectivity index (χ0v) is 10.1. The average Bonchev–Trinajstić information content (AvgIpc) is 2.66. The summed E-state index contributed by atoms with van der Waals surface area (Å²) in [6.45, 7) is 13.6. The Kier molecular flexibility index (Phi) is 4.89. The smallest absolute Gasteiger partial charge is 0.0500 e. The Hall–Kier alpha value is -0.760. The van der Waals surface area contributed by atoms with E-state index in [0.29, 0.717) is 12.0 Å². The van der Waals surface area contributed by atoms with E-state index >= 15 is 0 Å². The highest BCUT2D eigenvalue weighted by molar-refractivity contribution is 5.11. The third-order valence-electron chi connectivity index (χ3n) is 3.29. The van der Waals surface area contributed by atoms with Gasteiger partial charge in [-0.1, -0.05) is 39.0 Å². The van der Waals surface area contributed by atoms with Crippen molar-refractivity contribution in [3.63, 3.8) is 0 Å². The molecule has 15 heavy (non-hydrogen) atoms. The van der Waals surface area contributed by atoms with Crippen molar-refractivity contribution in [2.45, 2.75) is 45.6 Å². The summed E-state index contributed by atoms with van der Waals surface area (Å²) in [6, 6.07) is 0.504. The molecule has 1 N–H and O–H groups in total. The summed E-state index contributed by atoms with van der Waals surface area (Å²) in [5, 5.41) is 2.27. The third kappa shape index (κ3) is 3.10. The van der Waals surface area contributed by atoms with Gasteiger partial charge in [0.1, 0.15) is 0 Å². The SMILES string of the molecule is C=CNN1CCCC1C(=C)C(C)CCC. The highest BCUT2D eigenvalue weighted by atomic mass is 15.5. The summed E-state index contributed by atoms with van der Waals surface area (Å²) >= 11 is 0. The second-order valence-corrected chi connectivity index (χ2v) is 4.45. The van der Waals surface area contributed by atoms with Gasteiger partial charge in [-0.3, -0.25) is 0 Å². The van der Waals surface area contributed by atoms with Crippen molar-refractivity contribution >= 4 is 0 Å². The predicted octanol–water partition coefficient (Wildman–Crippen LogP) is 3.09. The fourth-order valence-corrected chi connectivity index (χ4v) is 2.37. The number of rotatable bonds is 6. The molecule has 86 valence electrons. The minimum Gasteiger partial charge on any atom is -0.326 e. The van der Waals surface area contributed by atoms with Crippen molar-refractivity contribution in [2.75, 3.05) is 6.54 Å². The lowest BCUT2D eigenvalue weighted by Gasteiger charge is -2.28. The molecule has 1 aliphatic heterocycles. The molecule has 1 saturated heterocycles. The Morgan fingerprint density at radius 1 is 1.67 bits per heavy atom. The fraction of sp³-hybridized carbons (Fsp3) is 0.692. The van der Waals surface area contributed by atoms with Crippen LogP contribution in [-0.4, -0.2) is 17.6 Å². The van der Waals surface area contributed by atoms with E-state index in [2.05, 4.69) is 37.4 Å². The molecule has 2 unspecified atom stereocenters. The predicted molar refractivity (Wildman–Crippen MR) is 66.3 cm³/mol. The van der Waals surface area contributed by atoms with Gasteiger partial charge in [0.2, 0.25) is 0 Å². The number of nitrogens with one attached hydrogen (secondary N) is 1. The molecule has 2 nitrogen and oxygen atoms in total. The molecule has 0 aliphatic carbocycles. The highest BCUT2D eigenvalue weighted by Crippen LogP contribution is 2.27. The zero-order valence-electron chi connectivity index (χ0n) is 10.1. The van der Waals surface area contributed by atoms with Gasteiger partial charge in [-0.05, 0) is 25.2 Å². The van der Waals surface area contributed by atoms with Gasteiger partial charge in [-0.15, -0.1) is 0 Å². The number of nitrogens with zero attached hydrogens (tertiary/aromatic N) is 1. The molecule has 0 aromatic rings. The Morgan fingerprint density at radius 2 is 2.40 bits per heavy atom. The molecule has 0 saturated carbocycles. The molecule has 1 aliphatic rings. The molecule has 1 fully saturated rings. The molecule has 0 radical (unpaired) electrons. The van der Waals surface area contributed by atoms with Crippen LogP contribution in [0.25, 0.3) is 0 Å². The number of hydrogen-bond donors (Lipinski definition) is 1. The van der Waals surface area contributed by atoms with E-state index in [-0.39, 0.29) is 0 Å². The molecule has 0 amide bonds. The number of hydrogen-bond acceptors (Lipinski definition) is 2. The lowest BCUT2D eigenvalue weighted by Crippen LogP contribution is -2.40. The standard InChI is InChI=1S/C13H24N2/c1-5-8-11(3)12(4)13-9-7-10-15(13)14-6-2/h6,11,13-14H,2,4-5,7-10H2,1,3H3. The summed E-state index contributed by atoms with van der Waals surface area (Å²) in [4.78, 5) is 0. The normalized spacial score (nSPS) is 23.7. The van der Waals surface area contributed by atoms with Crippen LogP contribution < -0.4 is 5.43 Å². The molecule has 1 rings (SSSR count). The van der Waals surface area contributed by atoms with Crippen molar-refractivity contribution in [3.05, 3.63) is 24.9 Å². The van der Waals surface area contributed by atoms with Crippen LogP contribution in [0.15, 0.2) is 24.9 Å². The molecule has 0 aromatic carbocycles. The maximum atomic E-state index is 4.27. The maximum Gasteiger partial charge on any atom is 0.0500 e. The average molecular weight is 208 g/mol. The third-order valence-corrected chi connectivity index (χ3v) is 3.29. The van der Waals surface area contributed by atoms with E-state index < -0.39 is 0 Å². The molecular formula is C13H24N2. The summed E-state index contributed by atoms with van der Waals surface area (Å²) in [5.74, 6) is 0.632. The largest absolute Gasteiger partial charge is 0.326 e. The Bertz CT molecular complexity index is 223. The van der Waals surface area contributed by atoms with E-state index in [1.165, 1.54) is 31.3 Å². The van der Waals surface area contributed by atoms with Gasteiger partial charge in [-0.2, -0.15) is 0 Å². The fourth-order valence-electron chi connectivity index (χ4n) is 2.37. The van der Waals surface area contributed by atoms with E-state index in [1.54, 1.807) is 6.20 Å². The van der Waals surface area contributed by atoms with Crippen LogP contribution in [0.2, 0.25) is 0 Å². The van der Waals surface area contributed by atoms with Crippen molar-refractivity contribution in [2.24, 2.45) is 5.92 Å². The van der Waals surface area contributed by atoms with Gasteiger partial charge in [0, 0.05) is 12.7 Å². The van der Waals surface area contributed by atoms with Crippen LogP contribution in [0, 0.1) is 5.92 Å². The van der Waals surface area contributed by atoms with Crippen molar-refractivity contribution in [1.82, 2.24) is 10.4 Å². The molecule has 0 aromatic heterocycles. The van der Waals surface area contributed by atoms with Gasteiger partial charge in [0.05, 0.1) is 6.04 Å². The highest BCUT2D eigenvalue weighted by Gasteiger charge is 2.27. The van der Waals surface area contributed by atoms with Gasteiger partial charge in [-0.25, -0.2) is 5.01 Å². The second kappa shape index (κ2) is 5.96. The van der Waals surface area contributed by atoms with Crippen molar-refractivity contribution < 1.29 is 0 Å². The van der Waals surface area contributed by atoms with Crippen LogP contribution in [0.3, 0.4) is 0 Å². The summed E-state index contributed by atoms with van der Waals surface area (Å²) in [7, 11) is 0. The van der Waals surface area contributed by atoms with Crippen LogP contribution >= 0.6 is 0 Å². The second-order valence-electron chi connectivity index (χ2n) is 4.45. The lowest BCUT2D eigenvalue weighted by atomic mass is 9.91. The van der Waals surface area contributed by atoms with Gasteiger partial charge < -0.3 is 5.43 Å². The van der Waals surface area contributed by atoms with Gasteiger partial charge >= 0.3 is 0 Å². The first kappa shape index (κ1) is 12.3. The quantitative estimate of drug-likeness (QED) is 0.675. The van der Waals surface area contributed by atoms with Crippen LogP contribution in [0.5, 0.6) is 0 Å². The summed E-state index contributed by atoms with van der Waals surface area (Å²) in [6.07, 6.45) is 6.73. The molecule has 0 bridgehead atoms. The Morgan fingerprint density at radius 3 is 3.00 bits per heavy atom. The van der Waals surface area contributed by atoms with E-state index in [4.69, 9.17) is 0 Å². The number of hydrazine groups is 1. The molecule has 0 spiro atoms. The maximum absolute atomic E-state index is 4.27. The molecular weight excluding hydrogens is 184 g/mol.